The molecule has 0 amide bonds. The highest BCUT2D eigenvalue weighted by Crippen LogP contribution is 2.66. The average Bonchev–Trinajstić information content (AvgIpc) is 2.24. The SMILES string of the molecule is CC(F)(C(C(=O)O)=C(F)F)C12CC3CC(CC(C3)C1)C2. The van der Waals surface area contributed by atoms with Crippen molar-refractivity contribution in [2.24, 2.45) is 23.2 Å². The van der Waals surface area contributed by atoms with Crippen molar-refractivity contribution in [2.45, 2.75) is 51.1 Å². The predicted molar refractivity (Wildman–Crippen MR) is 67.0 cm³/mol. The lowest BCUT2D eigenvalue weighted by Gasteiger charge is -2.60. The number of alkyl halides is 1. The van der Waals surface area contributed by atoms with Crippen LogP contribution in [0.4, 0.5) is 13.2 Å². The Kier molecular flexibility index (Phi) is 2.96. The smallest absolute Gasteiger partial charge is 0.340 e. The monoisotopic (exact) mass is 288 g/mol. The fraction of sp³-hybridized carbons (Fsp3) is 0.800. The van der Waals surface area contributed by atoms with Gasteiger partial charge in [-0.15, -0.1) is 0 Å². The van der Waals surface area contributed by atoms with Gasteiger partial charge in [0.05, 0.1) is 0 Å². The molecule has 0 saturated heterocycles. The third kappa shape index (κ3) is 1.81. The molecule has 0 radical (unpaired) electrons. The molecular formula is C15H19F3O2. The van der Waals surface area contributed by atoms with Crippen molar-refractivity contribution < 1.29 is 23.1 Å². The molecule has 4 bridgehead atoms. The highest BCUT2D eigenvalue weighted by molar-refractivity contribution is 5.89. The van der Waals surface area contributed by atoms with Crippen molar-refractivity contribution in [3.63, 3.8) is 0 Å². The summed E-state index contributed by atoms with van der Waals surface area (Å²) in [5, 5.41) is 9.00. The van der Waals surface area contributed by atoms with Crippen molar-refractivity contribution in [3.8, 4) is 0 Å². The molecular weight excluding hydrogens is 269 g/mol. The molecule has 4 aliphatic carbocycles. The van der Waals surface area contributed by atoms with Gasteiger partial charge in [-0.05, 0) is 63.2 Å². The Morgan fingerprint density at radius 3 is 1.80 bits per heavy atom. The summed E-state index contributed by atoms with van der Waals surface area (Å²) in [5.74, 6) is -0.678. The summed E-state index contributed by atoms with van der Waals surface area (Å²) >= 11 is 0. The fourth-order valence-corrected chi connectivity index (χ4v) is 5.41. The first kappa shape index (κ1) is 14.0. The second-order valence-corrected chi connectivity index (χ2v) is 7.14. The first-order valence-corrected chi connectivity index (χ1v) is 7.23. The predicted octanol–water partition coefficient (Wildman–Crippen LogP) is 4.17. The van der Waals surface area contributed by atoms with E-state index < -0.39 is 28.7 Å². The molecule has 2 nitrogen and oxygen atoms in total. The zero-order chi connectivity index (χ0) is 14.7. The topological polar surface area (TPSA) is 37.3 Å². The van der Waals surface area contributed by atoms with Gasteiger partial charge < -0.3 is 5.11 Å². The van der Waals surface area contributed by atoms with E-state index in [0.717, 1.165) is 26.2 Å². The van der Waals surface area contributed by atoms with Crippen LogP contribution in [0.25, 0.3) is 0 Å². The molecule has 0 spiro atoms. The molecule has 0 aliphatic heterocycles. The fourth-order valence-electron chi connectivity index (χ4n) is 5.41. The van der Waals surface area contributed by atoms with E-state index >= 15 is 4.39 Å². The van der Waals surface area contributed by atoms with Crippen molar-refractivity contribution in [2.75, 3.05) is 0 Å². The Morgan fingerprint density at radius 2 is 1.50 bits per heavy atom. The van der Waals surface area contributed by atoms with Crippen LogP contribution in [0.3, 0.4) is 0 Å². The number of hydrogen-bond donors (Lipinski definition) is 1. The first-order valence-electron chi connectivity index (χ1n) is 7.23. The summed E-state index contributed by atoms with van der Waals surface area (Å²) in [5.41, 5.74) is -4.67. The Morgan fingerprint density at radius 1 is 1.10 bits per heavy atom. The third-order valence-corrected chi connectivity index (χ3v) is 5.91. The number of rotatable bonds is 3. The molecule has 1 atom stereocenters. The standard InChI is InChI=1S/C15H19F3O2/c1-14(18,11(12(16)17)13(19)20)15-5-8-2-9(6-15)4-10(3-8)7-15/h8-10H,2-7H2,1H3,(H,19,20). The quantitative estimate of drug-likeness (QED) is 0.791. The van der Waals surface area contributed by atoms with Gasteiger partial charge in [0.1, 0.15) is 5.57 Å². The molecule has 0 aromatic heterocycles. The number of carbonyl (C=O) groups is 1. The summed E-state index contributed by atoms with van der Waals surface area (Å²) < 4.78 is 41.3. The Balaban J connectivity index is 2.02. The Hall–Kier alpha value is -1.00. The first-order chi connectivity index (χ1) is 9.25. The van der Waals surface area contributed by atoms with Gasteiger partial charge >= 0.3 is 5.97 Å². The van der Waals surface area contributed by atoms with Crippen LogP contribution in [0, 0.1) is 23.2 Å². The summed E-state index contributed by atoms with van der Waals surface area (Å²) in [7, 11) is 0. The van der Waals surface area contributed by atoms with Crippen molar-refractivity contribution >= 4 is 5.97 Å². The molecule has 4 rings (SSSR count). The molecule has 0 aromatic carbocycles. The van der Waals surface area contributed by atoms with Crippen LogP contribution in [0.15, 0.2) is 11.7 Å². The summed E-state index contributed by atoms with van der Waals surface area (Å²) in [4.78, 5) is 11.1. The maximum absolute atomic E-state index is 15.3. The normalized spacial score (nSPS) is 41.3. The lowest BCUT2D eigenvalue weighted by Crippen LogP contribution is -2.56. The van der Waals surface area contributed by atoms with E-state index in [9.17, 15) is 13.6 Å². The van der Waals surface area contributed by atoms with Gasteiger partial charge in [-0.3, -0.25) is 0 Å². The molecule has 4 saturated carbocycles. The van der Waals surface area contributed by atoms with E-state index in [4.69, 9.17) is 5.11 Å². The lowest BCUT2D eigenvalue weighted by atomic mass is 9.45. The molecule has 1 unspecified atom stereocenters. The minimum absolute atomic E-state index is 0.383. The van der Waals surface area contributed by atoms with E-state index in [1.165, 1.54) is 0 Å². The van der Waals surface area contributed by atoms with Crippen LogP contribution < -0.4 is 0 Å². The number of aliphatic carboxylic acids is 1. The van der Waals surface area contributed by atoms with Crippen LogP contribution in [0.2, 0.25) is 0 Å². The van der Waals surface area contributed by atoms with E-state index in [0.29, 0.717) is 37.0 Å². The largest absolute Gasteiger partial charge is 0.478 e. The van der Waals surface area contributed by atoms with E-state index in [-0.39, 0.29) is 0 Å². The second-order valence-electron chi connectivity index (χ2n) is 7.14. The molecule has 4 aliphatic rings. The second kappa shape index (κ2) is 4.25. The van der Waals surface area contributed by atoms with Gasteiger partial charge in [0.25, 0.3) is 6.08 Å². The van der Waals surface area contributed by atoms with Crippen LogP contribution in [-0.2, 0) is 4.79 Å². The summed E-state index contributed by atoms with van der Waals surface area (Å²) in [6, 6.07) is 0. The highest BCUT2D eigenvalue weighted by atomic mass is 19.3. The van der Waals surface area contributed by atoms with Gasteiger partial charge in [-0.25, -0.2) is 9.18 Å². The van der Waals surface area contributed by atoms with Crippen molar-refractivity contribution in [1.29, 1.82) is 0 Å². The molecule has 20 heavy (non-hydrogen) atoms. The van der Waals surface area contributed by atoms with Crippen molar-refractivity contribution in [3.05, 3.63) is 11.7 Å². The van der Waals surface area contributed by atoms with Crippen LogP contribution in [0.1, 0.15) is 45.4 Å². The molecule has 112 valence electrons. The number of hydrogen-bond acceptors (Lipinski definition) is 1. The summed E-state index contributed by atoms with van der Waals surface area (Å²) in [6.45, 7) is 1.06. The minimum atomic E-state index is -2.45. The molecule has 0 aromatic rings. The average molecular weight is 288 g/mol. The Labute approximate surface area is 116 Å². The molecule has 5 heteroatoms. The zero-order valence-corrected chi connectivity index (χ0v) is 11.5. The van der Waals surface area contributed by atoms with Gasteiger partial charge in [0.15, 0.2) is 5.67 Å². The van der Waals surface area contributed by atoms with Crippen LogP contribution in [0.5, 0.6) is 0 Å². The van der Waals surface area contributed by atoms with E-state index in [1.807, 2.05) is 0 Å². The minimum Gasteiger partial charge on any atom is -0.478 e. The van der Waals surface area contributed by atoms with E-state index in [1.54, 1.807) is 0 Å². The van der Waals surface area contributed by atoms with Crippen molar-refractivity contribution in [1.82, 2.24) is 0 Å². The maximum Gasteiger partial charge on any atom is 0.340 e. The van der Waals surface area contributed by atoms with Gasteiger partial charge in [0.2, 0.25) is 0 Å². The Bertz CT molecular complexity index is 442. The third-order valence-electron chi connectivity index (χ3n) is 5.91. The number of halogens is 3. The number of carboxylic acids is 1. The highest BCUT2D eigenvalue weighted by Gasteiger charge is 2.62. The molecule has 0 heterocycles. The summed E-state index contributed by atoms with van der Waals surface area (Å²) in [6.07, 6.45) is 2.43. The maximum atomic E-state index is 15.3. The van der Waals surface area contributed by atoms with Crippen LogP contribution >= 0.6 is 0 Å². The van der Waals surface area contributed by atoms with Crippen LogP contribution in [-0.4, -0.2) is 16.7 Å². The lowest BCUT2D eigenvalue weighted by molar-refractivity contribution is -0.146. The van der Waals surface area contributed by atoms with Gasteiger partial charge in [-0.2, -0.15) is 8.78 Å². The van der Waals surface area contributed by atoms with Gasteiger partial charge in [0, 0.05) is 5.41 Å². The zero-order valence-electron chi connectivity index (χ0n) is 11.5. The molecule has 4 fully saturated rings. The molecule has 1 N–H and O–H groups in total. The number of carboxylic acid groups (broad SMARTS) is 1. The van der Waals surface area contributed by atoms with Gasteiger partial charge in [-0.1, -0.05) is 0 Å². The van der Waals surface area contributed by atoms with E-state index in [2.05, 4.69) is 0 Å².